The van der Waals surface area contributed by atoms with Gasteiger partial charge in [-0.25, -0.2) is 4.98 Å². The number of rotatable bonds is 4. The first kappa shape index (κ1) is 19.7. The number of benzene rings is 1. The molecule has 4 rings (SSSR count). The molecule has 0 amide bonds. The molecule has 2 heterocycles. The van der Waals surface area contributed by atoms with E-state index in [4.69, 9.17) is 15.2 Å². The van der Waals surface area contributed by atoms with Gasteiger partial charge in [-0.15, -0.1) is 23.7 Å². The zero-order chi connectivity index (χ0) is 18.3. The Morgan fingerprint density at radius 2 is 2.04 bits per heavy atom. The average Bonchev–Trinajstić information content (AvgIpc) is 3.28. The van der Waals surface area contributed by atoms with Crippen molar-refractivity contribution in [2.45, 2.75) is 31.3 Å². The molecule has 0 unspecified atom stereocenters. The van der Waals surface area contributed by atoms with Crippen molar-refractivity contribution in [2.75, 3.05) is 14.2 Å². The van der Waals surface area contributed by atoms with Gasteiger partial charge in [0.15, 0.2) is 0 Å². The first-order valence-electron chi connectivity index (χ1n) is 8.58. The maximum Gasteiger partial charge on any atom is 0.262 e. The van der Waals surface area contributed by atoms with E-state index in [-0.39, 0.29) is 30.0 Å². The van der Waals surface area contributed by atoms with Gasteiger partial charge in [0.2, 0.25) is 0 Å². The summed E-state index contributed by atoms with van der Waals surface area (Å²) in [5, 5.41) is 2.61. The van der Waals surface area contributed by atoms with E-state index < -0.39 is 0 Å². The van der Waals surface area contributed by atoms with Crippen LogP contribution in [-0.2, 0) is 0 Å². The monoisotopic (exact) mass is 407 g/mol. The van der Waals surface area contributed by atoms with Crippen LogP contribution in [0, 0.1) is 0 Å². The lowest BCUT2D eigenvalue weighted by Gasteiger charge is -2.14. The highest BCUT2D eigenvalue weighted by Gasteiger charge is 2.26. The third-order valence-corrected chi connectivity index (χ3v) is 5.94. The molecule has 1 saturated carbocycles. The van der Waals surface area contributed by atoms with E-state index >= 15 is 0 Å². The number of nitrogens with zero attached hydrogens (tertiary/aromatic N) is 2. The van der Waals surface area contributed by atoms with Crippen molar-refractivity contribution in [3.8, 4) is 22.6 Å². The zero-order valence-corrected chi connectivity index (χ0v) is 16.8. The molecule has 1 fully saturated rings. The molecule has 0 spiro atoms. The van der Waals surface area contributed by atoms with Crippen molar-refractivity contribution < 1.29 is 9.47 Å². The van der Waals surface area contributed by atoms with Gasteiger partial charge >= 0.3 is 0 Å². The molecule has 1 aromatic carbocycles. The number of halogens is 1. The van der Waals surface area contributed by atoms with Crippen LogP contribution in [0.3, 0.4) is 0 Å². The zero-order valence-electron chi connectivity index (χ0n) is 15.2. The van der Waals surface area contributed by atoms with Crippen molar-refractivity contribution in [1.29, 1.82) is 0 Å². The highest BCUT2D eigenvalue weighted by molar-refractivity contribution is 7.17. The largest absolute Gasteiger partial charge is 0.497 e. The van der Waals surface area contributed by atoms with Gasteiger partial charge in [0, 0.05) is 34.7 Å². The molecule has 8 heteroatoms. The van der Waals surface area contributed by atoms with E-state index in [1.54, 1.807) is 25.1 Å². The first-order chi connectivity index (χ1) is 12.6. The first-order valence-corrected chi connectivity index (χ1v) is 9.46. The number of hydrogen-bond donors (Lipinski definition) is 1. The molecule has 27 heavy (non-hydrogen) atoms. The minimum atomic E-state index is -0.0109. The Hall–Kier alpha value is -2.09. The molecule has 2 N–H and O–H groups in total. The van der Waals surface area contributed by atoms with Gasteiger partial charge in [0.1, 0.15) is 16.3 Å². The number of ether oxygens (including phenoxy) is 2. The topological polar surface area (TPSA) is 79.4 Å². The third kappa shape index (κ3) is 3.42. The standard InChI is InChI=1S/C19H21N3O3S.ClH/c1-24-13-5-6-14(16(8-13)25-2)15-9-26-18-17(15)19(23)22(10-21-18)12-4-3-11(20)7-12;/h5-6,8-12H,3-4,7,20H2,1-2H3;1H/t11-,12-;/m1./s1. The summed E-state index contributed by atoms with van der Waals surface area (Å²) >= 11 is 1.47. The molecule has 3 aromatic rings. The third-order valence-electron chi connectivity index (χ3n) is 5.06. The van der Waals surface area contributed by atoms with Gasteiger partial charge in [-0.2, -0.15) is 0 Å². The van der Waals surface area contributed by atoms with Gasteiger partial charge in [0.05, 0.1) is 25.9 Å². The summed E-state index contributed by atoms with van der Waals surface area (Å²) in [5.41, 5.74) is 7.72. The highest BCUT2D eigenvalue weighted by Crippen LogP contribution is 2.38. The van der Waals surface area contributed by atoms with Crippen LogP contribution in [0.15, 0.2) is 34.7 Å². The Balaban J connectivity index is 0.00000210. The Labute approximate surface area is 167 Å². The Kier molecular flexibility index (Phi) is 5.74. The van der Waals surface area contributed by atoms with Crippen LogP contribution in [0.25, 0.3) is 21.3 Å². The van der Waals surface area contributed by atoms with Crippen LogP contribution >= 0.6 is 23.7 Å². The lowest BCUT2D eigenvalue weighted by Crippen LogP contribution is -2.25. The van der Waals surface area contributed by atoms with Gasteiger partial charge in [0.25, 0.3) is 5.56 Å². The number of thiophene rings is 1. The van der Waals surface area contributed by atoms with Crippen LogP contribution in [0.4, 0.5) is 0 Å². The smallest absolute Gasteiger partial charge is 0.262 e. The summed E-state index contributed by atoms with van der Waals surface area (Å²) in [5.74, 6) is 1.38. The maximum atomic E-state index is 13.2. The van der Waals surface area contributed by atoms with Crippen LogP contribution in [0.5, 0.6) is 11.5 Å². The normalized spacial score (nSPS) is 19.1. The van der Waals surface area contributed by atoms with Crippen LogP contribution in [-0.4, -0.2) is 29.8 Å². The molecule has 0 aliphatic heterocycles. The number of methoxy groups -OCH3 is 2. The number of hydrogen-bond acceptors (Lipinski definition) is 6. The lowest BCUT2D eigenvalue weighted by molar-refractivity contribution is 0.395. The fourth-order valence-electron chi connectivity index (χ4n) is 3.67. The average molecular weight is 408 g/mol. The van der Waals surface area contributed by atoms with E-state index in [0.29, 0.717) is 16.9 Å². The summed E-state index contributed by atoms with van der Waals surface area (Å²) < 4.78 is 12.5. The van der Waals surface area contributed by atoms with E-state index in [1.165, 1.54) is 11.3 Å². The maximum absolute atomic E-state index is 13.2. The van der Waals surface area contributed by atoms with Gasteiger partial charge in [-0.3, -0.25) is 9.36 Å². The summed E-state index contributed by atoms with van der Waals surface area (Å²) in [7, 11) is 3.23. The quantitative estimate of drug-likeness (QED) is 0.714. The van der Waals surface area contributed by atoms with Crippen molar-refractivity contribution in [2.24, 2.45) is 5.73 Å². The van der Waals surface area contributed by atoms with Crippen molar-refractivity contribution in [3.63, 3.8) is 0 Å². The second kappa shape index (κ2) is 7.88. The molecule has 0 saturated heterocycles. The van der Waals surface area contributed by atoms with Crippen LogP contribution in [0.2, 0.25) is 0 Å². The molecular weight excluding hydrogens is 386 g/mol. The highest BCUT2D eigenvalue weighted by atomic mass is 35.5. The van der Waals surface area contributed by atoms with Crippen LogP contribution in [0.1, 0.15) is 25.3 Å². The summed E-state index contributed by atoms with van der Waals surface area (Å²) in [6.45, 7) is 0. The van der Waals surface area contributed by atoms with Crippen molar-refractivity contribution in [3.05, 3.63) is 40.3 Å². The molecule has 1 aliphatic carbocycles. The van der Waals surface area contributed by atoms with E-state index in [2.05, 4.69) is 4.98 Å². The Bertz CT molecular complexity index is 1020. The second-order valence-electron chi connectivity index (χ2n) is 6.58. The number of nitrogens with two attached hydrogens (primary N) is 1. The van der Waals surface area contributed by atoms with Gasteiger partial charge in [-0.05, 0) is 31.4 Å². The summed E-state index contributed by atoms with van der Waals surface area (Å²) in [6, 6.07) is 5.89. The predicted octanol–water partition coefficient (Wildman–Crippen LogP) is 3.62. The number of fused-ring (bicyclic) bond motifs is 1. The molecular formula is C19H22ClN3O3S. The van der Waals surface area contributed by atoms with Crippen molar-refractivity contribution >= 4 is 34.0 Å². The van der Waals surface area contributed by atoms with Crippen LogP contribution < -0.4 is 20.8 Å². The van der Waals surface area contributed by atoms with E-state index in [1.807, 2.05) is 23.6 Å². The van der Waals surface area contributed by atoms with Gasteiger partial charge < -0.3 is 15.2 Å². The summed E-state index contributed by atoms with van der Waals surface area (Å²) in [4.78, 5) is 18.5. The fraction of sp³-hybridized carbons (Fsp3) is 0.368. The fourth-order valence-corrected chi connectivity index (χ4v) is 4.57. The molecule has 0 bridgehead atoms. The second-order valence-corrected chi connectivity index (χ2v) is 7.44. The molecule has 0 radical (unpaired) electrons. The molecule has 144 valence electrons. The predicted molar refractivity (Wildman–Crippen MR) is 111 cm³/mol. The summed E-state index contributed by atoms with van der Waals surface area (Å²) in [6.07, 6.45) is 4.34. The van der Waals surface area contributed by atoms with E-state index in [9.17, 15) is 4.79 Å². The molecule has 2 atom stereocenters. The SMILES string of the molecule is COc1ccc(-c2csc3ncn([C@@H]4CC[C@@H](N)C4)c(=O)c23)c(OC)c1.Cl. The number of aromatic nitrogens is 2. The molecule has 1 aliphatic rings. The van der Waals surface area contributed by atoms with Gasteiger partial charge in [-0.1, -0.05) is 0 Å². The Morgan fingerprint density at radius 3 is 2.70 bits per heavy atom. The molecule has 6 nitrogen and oxygen atoms in total. The Morgan fingerprint density at radius 1 is 1.22 bits per heavy atom. The lowest BCUT2D eigenvalue weighted by atomic mass is 10.0. The van der Waals surface area contributed by atoms with E-state index in [0.717, 1.165) is 35.2 Å². The minimum Gasteiger partial charge on any atom is -0.497 e. The minimum absolute atomic E-state index is 0. The van der Waals surface area contributed by atoms with Crippen molar-refractivity contribution in [1.82, 2.24) is 9.55 Å². The molecule has 2 aromatic heterocycles.